The lowest BCUT2D eigenvalue weighted by Gasteiger charge is -2.20. The summed E-state index contributed by atoms with van der Waals surface area (Å²) >= 11 is 0. The Morgan fingerprint density at radius 3 is 2.79 bits per heavy atom. The molecule has 1 saturated carbocycles. The summed E-state index contributed by atoms with van der Waals surface area (Å²) in [4.78, 5) is 13.3. The number of rotatable bonds is 4. The van der Waals surface area contributed by atoms with Crippen molar-refractivity contribution in [2.45, 2.75) is 30.9 Å². The highest BCUT2D eigenvalue weighted by Gasteiger charge is 2.41. The fourth-order valence-corrected chi connectivity index (χ4v) is 2.38. The molecule has 1 aromatic carbocycles. The van der Waals surface area contributed by atoms with Crippen LogP contribution in [-0.2, 0) is 4.79 Å². The number of nitrogens with zero attached hydrogens (tertiary/aromatic N) is 1. The van der Waals surface area contributed by atoms with E-state index in [-0.39, 0.29) is 6.10 Å². The van der Waals surface area contributed by atoms with Gasteiger partial charge in [0.05, 0.1) is 5.54 Å². The van der Waals surface area contributed by atoms with Crippen LogP contribution in [0, 0.1) is 0 Å². The van der Waals surface area contributed by atoms with Gasteiger partial charge in [0.25, 0.3) is 0 Å². The van der Waals surface area contributed by atoms with Crippen LogP contribution in [0.25, 0.3) is 0 Å². The number of hydrogen-bond acceptors (Lipinski definition) is 4. The molecule has 0 bridgehead atoms. The number of nitrogens with two attached hydrogens (primary N) is 2. The van der Waals surface area contributed by atoms with Gasteiger partial charge in [-0.05, 0) is 25.0 Å². The first-order chi connectivity index (χ1) is 8.90. The predicted molar refractivity (Wildman–Crippen MR) is 75.1 cm³/mol. The minimum atomic E-state index is -0.913. The van der Waals surface area contributed by atoms with E-state index in [4.69, 9.17) is 16.2 Å². The molecule has 0 aliphatic heterocycles. The SMILES string of the molecule is CN(C)c1cccc(OC2CCC(N)(C(N)=O)C2)c1. The second kappa shape index (κ2) is 5.09. The van der Waals surface area contributed by atoms with Gasteiger partial charge in [-0.2, -0.15) is 0 Å². The zero-order valence-electron chi connectivity index (χ0n) is 11.4. The molecular formula is C14H21N3O2. The van der Waals surface area contributed by atoms with E-state index in [2.05, 4.69) is 0 Å². The number of benzene rings is 1. The van der Waals surface area contributed by atoms with Crippen LogP contribution in [0.4, 0.5) is 5.69 Å². The van der Waals surface area contributed by atoms with Crippen molar-refractivity contribution in [3.63, 3.8) is 0 Å². The van der Waals surface area contributed by atoms with E-state index in [0.717, 1.165) is 17.9 Å². The van der Waals surface area contributed by atoms with Crippen molar-refractivity contribution in [3.05, 3.63) is 24.3 Å². The first kappa shape index (κ1) is 13.7. The summed E-state index contributed by atoms with van der Waals surface area (Å²) in [7, 11) is 3.96. The Morgan fingerprint density at radius 1 is 1.47 bits per heavy atom. The van der Waals surface area contributed by atoms with Crippen molar-refractivity contribution >= 4 is 11.6 Å². The summed E-state index contributed by atoms with van der Waals surface area (Å²) < 4.78 is 5.90. The van der Waals surface area contributed by atoms with Gasteiger partial charge in [0.1, 0.15) is 11.9 Å². The molecule has 0 aromatic heterocycles. The number of amides is 1. The highest BCUT2D eigenvalue weighted by atomic mass is 16.5. The monoisotopic (exact) mass is 263 g/mol. The van der Waals surface area contributed by atoms with E-state index in [1.54, 1.807) is 0 Å². The fraction of sp³-hybridized carbons (Fsp3) is 0.500. The molecule has 2 unspecified atom stereocenters. The summed E-state index contributed by atoms with van der Waals surface area (Å²) in [5.41, 5.74) is 11.4. The Labute approximate surface area is 113 Å². The topological polar surface area (TPSA) is 81.6 Å². The average Bonchev–Trinajstić information content (AvgIpc) is 2.72. The third-order valence-electron chi connectivity index (χ3n) is 3.63. The Morgan fingerprint density at radius 2 is 2.21 bits per heavy atom. The van der Waals surface area contributed by atoms with Crippen molar-refractivity contribution in [1.82, 2.24) is 0 Å². The van der Waals surface area contributed by atoms with Crippen molar-refractivity contribution in [2.75, 3.05) is 19.0 Å². The number of ether oxygens (including phenoxy) is 1. The van der Waals surface area contributed by atoms with Gasteiger partial charge in [0.2, 0.25) is 5.91 Å². The van der Waals surface area contributed by atoms with Crippen molar-refractivity contribution < 1.29 is 9.53 Å². The van der Waals surface area contributed by atoms with Gasteiger partial charge >= 0.3 is 0 Å². The minimum Gasteiger partial charge on any atom is -0.490 e. The Balaban J connectivity index is 2.03. The maximum Gasteiger partial charge on any atom is 0.237 e. The highest BCUT2D eigenvalue weighted by molar-refractivity contribution is 5.84. The first-order valence-corrected chi connectivity index (χ1v) is 6.43. The molecule has 2 rings (SSSR count). The second-order valence-electron chi connectivity index (χ2n) is 5.39. The zero-order chi connectivity index (χ0) is 14.0. The molecule has 5 heteroatoms. The lowest BCUT2D eigenvalue weighted by molar-refractivity contribution is -0.123. The molecule has 1 aliphatic carbocycles. The van der Waals surface area contributed by atoms with Crippen LogP contribution < -0.4 is 21.1 Å². The van der Waals surface area contributed by atoms with Gasteiger partial charge in [-0.3, -0.25) is 4.79 Å². The van der Waals surface area contributed by atoms with Gasteiger partial charge in [0, 0.05) is 32.3 Å². The molecule has 1 aliphatic rings. The summed E-state index contributed by atoms with van der Waals surface area (Å²) in [6.07, 6.45) is 1.77. The maximum atomic E-state index is 11.3. The van der Waals surface area contributed by atoms with E-state index in [1.165, 1.54) is 0 Å². The maximum absolute atomic E-state index is 11.3. The van der Waals surface area contributed by atoms with Crippen LogP contribution in [0.1, 0.15) is 19.3 Å². The van der Waals surface area contributed by atoms with Gasteiger partial charge < -0.3 is 21.1 Å². The normalized spacial score (nSPS) is 26.2. The summed E-state index contributed by atoms with van der Waals surface area (Å²) in [5, 5.41) is 0. The van der Waals surface area contributed by atoms with Crippen molar-refractivity contribution in [3.8, 4) is 5.75 Å². The third kappa shape index (κ3) is 2.98. The standard InChI is InChI=1S/C14H21N3O2/c1-17(2)10-4-3-5-11(8-10)19-12-6-7-14(16,9-12)13(15)18/h3-5,8,12H,6-7,9,16H2,1-2H3,(H2,15,18). The van der Waals surface area contributed by atoms with Crippen LogP contribution in [0.2, 0.25) is 0 Å². The average molecular weight is 263 g/mol. The van der Waals surface area contributed by atoms with E-state index < -0.39 is 11.4 Å². The number of carbonyl (C=O) groups is 1. The molecule has 2 atom stereocenters. The molecule has 0 heterocycles. The van der Waals surface area contributed by atoms with E-state index >= 15 is 0 Å². The number of carbonyl (C=O) groups excluding carboxylic acids is 1. The molecule has 19 heavy (non-hydrogen) atoms. The molecule has 4 N–H and O–H groups in total. The molecule has 1 fully saturated rings. The van der Waals surface area contributed by atoms with Crippen LogP contribution in [-0.4, -0.2) is 31.6 Å². The van der Waals surface area contributed by atoms with Crippen LogP contribution >= 0.6 is 0 Å². The van der Waals surface area contributed by atoms with Gasteiger partial charge in [-0.1, -0.05) is 6.07 Å². The Hall–Kier alpha value is -1.75. The van der Waals surface area contributed by atoms with Gasteiger partial charge in [0.15, 0.2) is 0 Å². The van der Waals surface area contributed by atoms with E-state index in [0.29, 0.717) is 12.8 Å². The lowest BCUT2D eigenvalue weighted by Crippen LogP contribution is -2.50. The molecule has 5 nitrogen and oxygen atoms in total. The van der Waals surface area contributed by atoms with Crippen LogP contribution in [0.5, 0.6) is 5.75 Å². The molecule has 0 saturated heterocycles. The summed E-state index contributed by atoms with van der Waals surface area (Å²) in [6.45, 7) is 0. The van der Waals surface area contributed by atoms with E-state index in [1.807, 2.05) is 43.3 Å². The minimum absolute atomic E-state index is 0.0464. The fourth-order valence-electron chi connectivity index (χ4n) is 2.38. The predicted octanol–water partition coefficient (Wildman–Crippen LogP) is 0.867. The molecule has 0 spiro atoms. The molecule has 104 valence electrons. The molecular weight excluding hydrogens is 242 g/mol. The van der Waals surface area contributed by atoms with Crippen molar-refractivity contribution in [1.29, 1.82) is 0 Å². The number of primary amides is 1. The van der Waals surface area contributed by atoms with Gasteiger partial charge in [-0.15, -0.1) is 0 Å². The summed E-state index contributed by atoms with van der Waals surface area (Å²) in [5.74, 6) is 0.352. The van der Waals surface area contributed by atoms with E-state index in [9.17, 15) is 4.79 Å². The lowest BCUT2D eigenvalue weighted by atomic mass is 9.99. The zero-order valence-corrected chi connectivity index (χ0v) is 11.4. The highest BCUT2D eigenvalue weighted by Crippen LogP contribution is 2.31. The smallest absolute Gasteiger partial charge is 0.237 e. The third-order valence-corrected chi connectivity index (χ3v) is 3.63. The Kier molecular flexibility index (Phi) is 3.66. The van der Waals surface area contributed by atoms with Crippen LogP contribution in [0.3, 0.4) is 0 Å². The quantitative estimate of drug-likeness (QED) is 0.844. The summed E-state index contributed by atoms with van der Waals surface area (Å²) in [6, 6.07) is 7.84. The first-order valence-electron chi connectivity index (χ1n) is 6.43. The number of hydrogen-bond donors (Lipinski definition) is 2. The molecule has 1 aromatic rings. The largest absolute Gasteiger partial charge is 0.490 e. The second-order valence-corrected chi connectivity index (χ2v) is 5.39. The van der Waals surface area contributed by atoms with Crippen molar-refractivity contribution in [2.24, 2.45) is 11.5 Å². The van der Waals surface area contributed by atoms with Gasteiger partial charge in [-0.25, -0.2) is 0 Å². The molecule has 1 amide bonds. The Bertz CT molecular complexity index is 476. The number of anilines is 1. The molecule has 0 radical (unpaired) electrons. The van der Waals surface area contributed by atoms with Crippen LogP contribution in [0.15, 0.2) is 24.3 Å².